The minimum absolute atomic E-state index is 0.407. The van der Waals surface area contributed by atoms with Crippen LogP contribution in [0.3, 0.4) is 0 Å². The van der Waals surface area contributed by atoms with E-state index in [9.17, 15) is 0 Å². The Bertz CT molecular complexity index is 946. The molecule has 0 unspecified atom stereocenters. The maximum Gasteiger partial charge on any atom is 0.196 e. The highest BCUT2D eigenvalue weighted by atomic mass is 32.1. The number of rotatable bonds is 5. The fourth-order valence-corrected chi connectivity index (χ4v) is 3.27. The molecule has 5 heterocycles. The van der Waals surface area contributed by atoms with Gasteiger partial charge in [-0.05, 0) is 23.8 Å². The highest BCUT2D eigenvalue weighted by molar-refractivity contribution is 7.09. The molecule has 0 bridgehead atoms. The Morgan fingerprint density at radius 3 is 1.40 bits per heavy atom. The summed E-state index contributed by atoms with van der Waals surface area (Å²) in [5.74, 6) is 4.31. The minimum atomic E-state index is 0.407. The zero-order valence-corrected chi connectivity index (χ0v) is 36.3. The number of aromatic amines is 1. The molecule has 0 fully saturated rings. The number of hydrogen-bond donors (Lipinski definition) is 1. The third kappa shape index (κ3) is 31.7. The van der Waals surface area contributed by atoms with Crippen LogP contribution in [0.5, 0.6) is 0 Å². The Morgan fingerprint density at radius 1 is 0.600 bits per heavy atom. The maximum atomic E-state index is 4.98. The number of aromatic nitrogens is 6. The van der Waals surface area contributed by atoms with E-state index in [1.807, 2.05) is 101 Å². The molecule has 5 aromatic rings. The van der Waals surface area contributed by atoms with Crippen LogP contribution in [0.4, 0.5) is 0 Å². The topological polar surface area (TPSA) is 120 Å². The molecule has 0 amide bonds. The zero-order valence-electron chi connectivity index (χ0n) is 35.5. The first kappa shape index (κ1) is 55.9. The molecule has 9 nitrogen and oxygen atoms in total. The van der Waals surface area contributed by atoms with Crippen LogP contribution in [0.2, 0.25) is 0 Å². The summed E-state index contributed by atoms with van der Waals surface area (Å²) < 4.78 is 14.7. The van der Waals surface area contributed by atoms with Gasteiger partial charge in [0.1, 0.15) is 18.3 Å². The van der Waals surface area contributed by atoms with E-state index in [0.29, 0.717) is 29.6 Å². The van der Waals surface area contributed by atoms with Crippen molar-refractivity contribution in [2.75, 3.05) is 0 Å². The first-order valence-electron chi connectivity index (χ1n) is 18.6. The predicted octanol–water partition coefficient (Wildman–Crippen LogP) is 14.3. The second kappa shape index (κ2) is 41.6. The van der Waals surface area contributed by atoms with Crippen molar-refractivity contribution in [3.8, 4) is 0 Å². The quantitative estimate of drug-likeness (QED) is 0.190. The fourth-order valence-electron chi connectivity index (χ4n) is 2.64. The summed E-state index contributed by atoms with van der Waals surface area (Å²) in [6.45, 7) is 41.0. The van der Waals surface area contributed by atoms with Gasteiger partial charge in [0.05, 0.1) is 23.6 Å². The Kier molecular flexibility index (Phi) is 46.5. The fraction of sp³-hybridized carbons (Fsp3) is 0.625. The first-order chi connectivity index (χ1) is 24.0. The highest BCUT2D eigenvalue weighted by Gasteiger charge is 2.01. The molecule has 0 radical (unpaired) electrons. The first-order valence-corrected chi connectivity index (χ1v) is 19.4. The molecule has 5 aromatic heterocycles. The molecule has 0 saturated carbocycles. The van der Waals surface area contributed by atoms with Gasteiger partial charge >= 0.3 is 0 Å². The summed E-state index contributed by atoms with van der Waals surface area (Å²) in [5.41, 5.74) is 4.09. The van der Waals surface area contributed by atoms with Crippen LogP contribution in [0, 0.1) is 0 Å². The SMILES string of the molecule is CC.CC.CC.CC.CC.CC(C)c1ccn[nH]1.CC(C)c1cnco1.CC(C)c1cncs1.CC(C)c1cocn1.CC(C)c1ncco1. The lowest BCUT2D eigenvalue weighted by atomic mass is 10.1. The molecular formula is C40H76N6O3S. The molecule has 0 atom stereocenters. The van der Waals surface area contributed by atoms with Gasteiger partial charge < -0.3 is 13.3 Å². The third-order valence-corrected chi connectivity index (χ3v) is 6.25. The summed E-state index contributed by atoms with van der Waals surface area (Å²) in [6, 6.07) is 1.99. The van der Waals surface area contributed by atoms with Gasteiger partial charge in [-0.3, -0.25) is 10.1 Å². The normalized spacial score (nSPS) is 8.90. The lowest BCUT2D eigenvalue weighted by Gasteiger charge is -1.95. The van der Waals surface area contributed by atoms with E-state index in [4.69, 9.17) is 13.3 Å². The van der Waals surface area contributed by atoms with Gasteiger partial charge in [0.15, 0.2) is 18.7 Å². The Balaban J connectivity index is -0.000000158. The second-order valence-electron chi connectivity index (χ2n) is 10.4. The number of oxazole rings is 3. The molecule has 0 aliphatic rings. The van der Waals surface area contributed by atoms with Gasteiger partial charge in [-0.2, -0.15) is 5.10 Å². The molecule has 0 aromatic carbocycles. The van der Waals surface area contributed by atoms with Crippen molar-refractivity contribution in [3.05, 3.63) is 89.6 Å². The molecule has 0 saturated heterocycles. The molecule has 5 rings (SSSR count). The molecular weight excluding hydrogens is 645 g/mol. The van der Waals surface area contributed by atoms with Crippen molar-refractivity contribution >= 4 is 11.3 Å². The van der Waals surface area contributed by atoms with E-state index in [2.05, 4.69) is 85.5 Å². The number of nitrogens with zero attached hydrogens (tertiary/aromatic N) is 5. The van der Waals surface area contributed by atoms with Gasteiger partial charge in [-0.15, -0.1) is 11.3 Å². The standard InChI is InChI=1S/C6H10N2.3C6H9NO.C6H9NS.5C2H6/c1-5(2)6-3-4-7-8-6;1-5(2)6-3-8-4-7-6;1-5(2)6-3-7-4-8-6;1-5(2)6-7-3-4-8-6;1-5(2)6-3-7-4-8-6;5*1-2/h3-5H,1-2H3,(H,7,8);4*3-5H,1-2H3;5*1-2H3. The molecule has 0 aliphatic heterocycles. The number of thiazole rings is 1. The predicted molar refractivity (Wildman–Crippen MR) is 217 cm³/mol. The summed E-state index contributed by atoms with van der Waals surface area (Å²) >= 11 is 1.72. The molecule has 290 valence electrons. The lowest BCUT2D eigenvalue weighted by Crippen LogP contribution is -1.85. The zero-order chi connectivity index (χ0) is 39.9. The van der Waals surface area contributed by atoms with E-state index in [1.165, 1.54) is 23.4 Å². The molecule has 10 heteroatoms. The molecule has 0 aliphatic carbocycles. The van der Waals surface area contributed by atoms with Crippen molar-refractivity contribution in [1.29, 1.82) is 0 Å². The summed E-state index contributed by atoms with van der Waals surface area (Å²) in [4.78, 5) is 17.0. The van der Waals surface area contributed by atoms with E-state index in [0.717, 1.165) is 17.3 Å². The summed E-state index contributed by atoms with van der Waals surface area (Å²) in [6.07, 6.45) is 13.3. The number of nitrogens with one attached hydrogen (secondary N) is 1. The van der Waals surface area contributed by atoms with Crippen molar-refractivity contribution in [3.63, 3.8) is 0 Å². The second-order valence-corrected chi connectivity index (χ2v) is 11.3. The van der Waals surface area contributed by atoms with Crippen LogP contribution in [0.1, 0.15) is 196 Å². The van der Waals surface area contributed by atoms with Crippen molar-refractivity contribution in [1.82, 2.24) is 30.1 Å². The van der Waals surface area contributed by atoms with Crippen LogP contribution in [-0.4, -0.2) is 30.1 Å². The van der Waals surface area contributed by atoms with E-state index in [-0.39, 0.29) is 0 Å². The lowest BCUT2D eigenvalue weighted by molar-refractivity contribution is 0.471. The monoisotopic (exact) mass is 721 g/mol. The van der Waals surface area contributed by atoms with Crippen LogP contribution in [0.25, 0.3) is 0 Å². The van der Waals surface area contributed by atoms with Crippen molar-refractivity contribution in [2.45, 2.75) is 168 Å². The number of H-pyrrole nitrogens is 1. The minimum Gasteiger partial charge on any atom is -0.451 e. The molecule has 0 spiro atoms. The van der Waals surface area contributed by atoms with Gasteiger partial charge in [0, 0.05) is 34.8 Å². The van der Waals surface area contributed by atoms with Crippen molar-refractivity contribution in [2.24, 2.45) is 0 Å². The van der Waals surface area contributed by atoms with Gasteiger partial charge in [-0.25, -0.2) is 15.0 Å². The van der Waals surface area contributed by atoms with Crippen LogP contribution in [-0.2, 0) is 0 Å². The average molecular weight is 721 g/mol. The van der Waals surface area contributed by atoms with Crippen LogP contribution in [0.15, 0.2) is 74.9 Å². The summed E-state index contributed by atoms with van der Waals surface area (Å²) in [5, 5.41) is 6.70. The Hall–Kier alpha value is -3.53. The molecule has 1 N–H and O–H groups in total. The van der Waals surface area contributed by atoms with Gasteiger partial charge in [0.25, 0.3) is 0 Å². The summed E-state index contributed by atoms with van der Waals surface area (Å²) in [7, 11) is 0. The smallest absolute Gasteiger partial charge is 0.196 e. The Labute approximate surface area is 311 Å². The van der Waals surface area contributed by atoms with Crippen LogP contribution < -0.4 is 0 Å². The van der Waals surface area contributed by atoms with E-state index >= 15 is 0 Å². The van der Waals surface area contributed by atoms with Gasteiger partial charge in [0.2, 0.25) is 0 Å². The third-order valence-electron chi connectivity index (χ3n) is 5.17. The Morgan fingerprint density at radius 2 is 1.20 bits per heavy atom. The largest absolute Gasteiger partial charge is 0.451 e. The van der Waals surface area contributed by atoms with Gasteiger partial charge in [-0.1, -0.05) is 138 Å². The maximum absolute atomic E-state index is 4.98. The number of hydrogen-bond acceptors (Lipinski definition) is 9. The highest BCUT2D eigenvalue weighted by Crippen LogP contribution is 2.17. The van der Waals surface area contributed by atoms with Crippen LogP contribution >= 0.6 is 11.3 Å². The van der Waals surface area contributed by atoms with E-state index < -0.39 is 0 Å². The van der Waals surface area contributed by atoms with Crippen molar-refractivity contribution < 1.29 is 13.3 Å². The average Bonchev–Trinajstić information content (AvgIpc) is 4.00. The van der Waals surface area contributed by atoms with E-state index in [1.54, 1.807) is 42.5 Å². The molecule has 50 heavy (non-hydrogen) atoms.